The molecular weight excluding hydrogens is 1300 g/mol. The fraction of sp³-hybridized carbons (Fsp3) is 0.250. The summed E-state index contributed by atoms with van der Waals surface area (Å²) in [6.45, 7) is 0. The molecule has 0 radical (unpaired) electrons. The fourth-order valence-electron chi connectivity index (χ4n) is 8.86. The molecule has 8 heterocycles. The summed E-state index contributed by atoms with van der Waals surface area (Å²) in [6, 6.07) is 28.0. The Morgan fingerprint density at radius 2 is 1.01 bits per heavy atom. The monoisotopic (exact) mass is 1330 g/mol. The Hall–Kier alpha value is -6.00. The van der Waals surface area contributed by atoms with E-state index >= 15 is 0 Å². The smallest absolute Gasteiger partial charge is 0.343 e. The largest absolute Gasteiger partial charge is 2.00 e. The predicted molar refractivity (Wildman–Crippen MR) is 224 cm³/mol. The first-order chi connectivity index (χ1) is 32.5. The Balaban J connectivity index is 0.000000201. The van der Waals surface area contributed by atoms with E-state index in [2.05, 4.69) is 52.4 Å². The standard InChI is InChI=1S/C24H18F5N5.C24H16F5N5.2Pt/c2*25-20-10-9-15(22(26)32-20)16-5-3-6-17(30-16)23(12-1-2-13-23)18-7-4-8-21(31-18)34-14-11-19(33-34)24(27,28)29;;/h3-11,14H,1-2,12-13H2;3-8,10-11H,1-2,12-13H2;;/q;-2;;+2. The molecule has 10 rings (SSSR count). The summed E-state index contributed by atoms with van der Waals surface area (Å²) in [6.07, 6.45) is 0.982. The van der Waals surface area contributed by atoms with E-state index in [9.17, 15) is 43.9 Å². The van der Waals surface area contributed by atoms with Crippen molar-refractivity contribution in [1.29, 1.82) is 0 Å². The first kappa shape index (κ1) is 51.8. The minimum Gasteiger partial charge on any atom is -0.343 e. The van der Waals surface area contributed by atoms with Crippen LogP contribution in [0.25, 0.3) is 34.2 Å². The molecule has 8 aromatic rings. The summed E-state index contributed by atoms with van der Waals surface area (Å²) < 4.78 is 135. The van der Waals surface area contributed by atoms with E-state index < -0.39 is 58.4 Å². The molecule has 10 nitrogen and oxygen atoms in total. The fourth-order valence-corrected chi connectivity index (χ4v) is 8.86. The van der Waals surface area contributed by atoms with Crippen molar-refractivity contribution in [3.8, 4) is 34.2 Å². The summed E-state index contributed by atoms with van der Waals surface area (Å²) in [5.41, 5.74) is -0.149. The molecule has 2 saturated carbocycles. The van der Waals surface area contributed by atoms with Crippen molar-refractivity contribution >= 4 is 0 Å². The second kappa shape index (κ2) is 20.8. The first-order valence-corrected chi connectivity index (χ1v) is 21.2. The van der Waals surface area contributed by atoms with Gasteiger partial charge in [-0.15, -0.1) is 12.1 Å². The summed E-state index contributed by atoms with van der Waals surface area (Å²) in [7, 11) is 0. The van der Waals surface area contributed by atoms with E-state index in [4.69, 9.17) is 0 Å². The van der Waals surface area contributed by atoms with Gasteiger partial charge in [-0.05, 0) is 86.0 Å². The van der Waals surface area contributed by atoms with Gasteiger partial charge in [0.15, 0.2) is 11.5 Å². The number of pyridine rings is 6. The molecule has 0 amide bonds. The number of nitrogens with zero attached hydrogens (tertiary/aromatic N) is 10. The van der Waals surface area contributed by atoms with Crippen molar-refractivity contribution in [3.63, 3.8) is 0 Å². The van der Waals surface area contributed by atoms with Gasteiger partial charge in [0.25, 0.3) is 0 Å². The van der Waals surface area contributed by atoms with Crippen LogP contribution in [0.1, 0.15) is 85.5 Å². The van der Waals surface area contributed by atoms with Crippen LogP contribution in [0.4, 0.5) is 43.9 Å². The van der Waals surface area contributed by atoms with Gasteiger partial charge in [0, 0.05) is 38.6 Å². The Morgan fingerprint density at radius 3 is 1.56 bits per heavy atom. The zero-order valence-corrected chi connectivity index (χ0v) is 40.5. The molecule has 0 spiro atoms. The van der Waals surface area contributed by atoms with Crippen LogP contribution in [0, 0.1) is 36.1 Å². The molecule has 0 bridgehead atoms. The van der Waals surface area contributed by atoms with Crippen LogP contribution < -0.4 is 0 Å². The van der Waals surface area contributed by atoms with Crippen LogP contribution in [0.5, 0.6) is 0 Å². The SMILES string of the molecule is Fc1c[c-]c(-c2cccc(C3(c4cccc(-n5[c-]cc(C(F)(F)F)n5)n4)CCCC3)n2)c(F)n1.Fc1ccc(-c2cccc(C3(c4cccc(-n5ccc(C(F)(F)F)n5)n4)CCCC3)n2)c(F)n1.[Pt+2].[Pt]. The van der Waals surface area contributed by atoms with E-state index in [0.717, 1.165) is 72.2 Å². The minimum atomic E-state index is -4.59. The van der Waals surface area contributed by atoms with Crippen LogP contribution >= 0.6 is 0 Å². The summed E-state index contributed by atoms with van der Waals surface area (Å²) in [4.78, 5) is 25.1. The summed E-state index contributed by atoms with van der Waals surface area (Å²) in [5, 5.41) is 7.18. The average Bonchev–Trinajstić information content (AvgIpc) is 4.18. The molecule has 8 aromatic heterocycles. The molecule has 0 N–H and O–H groups in total. The van der Waals surface area contributed by atoms with Crippen LogP contribution in [0.15, 0.2) is 109 Å². The molecule has 2 aliphatic rings. The third-order valence-corrected chi connectivity index (χ3v) is 12.1. The van der Waals surface area contributed by atoms with Gasteiger partial charge in [0.2, 0.25) is 11.9 Å². The molecule has 2 fully saturated rings. The number of rotatable bonds is 8. The van der Waals surface area contributed by atoms with Gasteiger partial charge in [-0.3, -0.25) is 20.1 Å². The maximum Gasteiger partial charge on any atom is 2.00 e. The summed E-state index contributed by atoms with van der Waals surface area (Å²) in [5.74, 6) is -3.42. The molecule has 70 heavy (non-hydrogen) atoms. The molecule has 22 heteroatoms. The van der Waals surface area contributed by atoms with Gasteiger partial charge in [0.05, 0.1) is 45.0 Å². The Bertz CT molecular complexity index is 2900. The van der Waals surface area contributed by atoms with Gasteiger partial charge in [-0.1, -0.05) is 79.9 Å². The average molecular weight is 1330 g/mol. The van der Waals surface area contributed by atoms with Gasteiger partial charge in [-0.2, -0.15) is 45.2 Å². The predicted octanol–water partition coefficient (Wildman–Crippen LogP) is 11.4. The zero-order chi connectivity index (χ0) is 47.8. The normalized spacial score (nSPS) is 15.1. The van der Waals surface area contributed by atoms with Gasteiger partial charge >= 0.3 is 33.4 Å². The molecular formula is C48H34F10N10Pt2. The molecule has 0 aromatic carbocycles. The molecule has 366 valence electrons. The van der Waals surface area contributed by atoms with E-state index in [0.29, 0.717) is 41.3 Å². The van der Waals surface area contributed by atoms with Crippen molar-refractivity contribution < 1.29 is 86.0 Å². The number of halogens is 10. The van der Waals surface area contributed by atoms with Crippen molar-refractivity contribution in [2.45, 2.75) is 74.5 Å². The summed E-state index contributed by atoms with van der Waals surface area (Å²) >= 11 is 0. The maximum absolute atomic E-state index is 14.3. The Labute approximate surface area is 421 Å². The van der Waals surface area contributed by atoms with Gasteiger partial charge in [-0.25, -0.2) is 18.4 Å². The third-order valence-electron chi connectivity index (χ3n) is 12.1. The number of alkyl halides is 6. The van der Waals surface area contributed by atoms with Crippen LogP contribution in [0.3, 0.4) is 0 Å². The Morgan fingerprint density at radius 1 is 0.500 bits per heavy atom. The van der Waals surface area contributed by atoms with E-state index in [1.54, 1.807) is 60.7 Å². The second-order valence-corrected chi connectivity index (χ2v) is 16.2. The second-order valence-electron chi connectivity index (χ2n) is 16.2. The van der Waals surface area contributed by atoms with E-state index in [-0.39, 0.29) is 70.6 Å². The quantitative estimate of drug-likeness (QED) is 0.0840. The van der Waals surface area contributed by atoms with E-state index in [1.165, 1.54) is 12.3 Å². The van der Waals surface area contributed by atoms with E-state index in [1.807, 2.05) is 12.1 Å². The molecule has 0 aliphatic heterocycles. The van der Waals surface area contributed by atoms with Crippen molar-refractivity contribution in [3.05, 3.63) is 180 Å². The molecule has 0 unspecified atom stereocenters. The zero-order valence-electron chi connectivity index (χ0n) is 35.9. The van der Waals surface area contributed by atoms with Crippen LogP contribution in [0.2, 0.25) is 0 Å². The van der Waals surface area contributed by atoms with Gasteiger partial charge in [0.1, 0.15) is 11.9 Å². The molecule has 2 aliphatic carbocycles. The van der Waals surface area contributed by atoms with Crippen molar-refractivity contribution in [1.82, 2.24) is 49.5 Å². The van der Waals surface area contributed by atoms with Gasteiger partial charge < -0.3 is 9.67 Å². The number of hydrogen-bond donors (Lipinski definition) is 0. The topological polar surface area (TPSA) is 113 Å². The van der Waals surface area contributed by atoms with Crippen molar-refractivity contribution in [2.24, 2.45) is 0 Å². The number of aromatic nitrogens is 10. The maximum atomic E-state index is 14.3. The number of hydrogen-bond acceptors (Lipinski definition) is 8. The van der Waals surface area contributed by atoms with Crippen molar-refractivity contribution in [2.75, 3.05) is 0 Å². The van der Waals surface area contributed by atoms with Crippen LogP contribution in [-0.4, -0.2) is 49.5 Å². The Kier molecular flexibility index (Phi) is 15.4. The molecule has 0 saturated heterocycles. The minimum absolute atomic E-state index is 0. The first-order valence-electron chi connectivity index (χ1n) is 21.2. The third kappa shape index (κ3) is 10.5. The van der Waals surface area contributed by atoms with Crippen LogP contribution in [-0.2, 0) is 65.3 Å². The molecule has 0 atom stereocenters.